The lowest BCUT2D eigenvalue weighted by atomic mass is 10.2. The summed E-state index contributed by atoms with van der Waals surface area (Å²) in [7, 11) is 2.16. The van der Waals surface area contributed by atoms with E-state index in [1.165, 1.54) is 4.90 Å². The lowest BCUT2D eigenvalue weighted by Crippen LogP contribution is -3.12. The molecule has 1 heterocycles. The number of halogens is 2. The maximum Gasteiger partial charge on any atom is 0.223 e. The van der Waals surface area contributed by atoms with E-state index in [1.807, 2.05) is 4.90 Å². The van der Waals surface area contributed by atoms with Gasteiger partial charge in [-0.1, -0.05) is 23.2 Å². The Kier molecular flexibility index (Phi) is 6.15. The number of hydrogen-bond donors (Lipinski definition) is 1. The monoisotopic (exact) mass is 331 g/mol. The molecule has 0 atom stereocenters. The van der Waals surface area contributed by atoms with Crippen LogP contribution < -0.4 is 9.64 Å². The molecule has 1 aromatic rings. The summed E-state index contributed by atoms with van der Waals surface area (Å²) >= 11 is 11.8. The fourth-order valence-corrected chi connectivity index (χ4v) is 2.76. The molecular formula is C15H21Cl2N2O2+. The number of likely N-dealkylation sites (N-methyl/N-ethyl adjacent to an activating group) is 1. The van der Waals surface area contributed by atoms with E-state index in [-0.39, 0.29) is 5.91 Å². The van der Waals surface area contributed by atoms with Crippen LogP contribution in [0.2, 0.25) is 10.0 Å². The molecule has 2 rings (SSSR count). The van der Waals surface area contributed by atoms with E-state index in [0.29, 0.717) is 35.2 Å². The van der Waals surface area contributed by atoms with Crippen LogP contribution >= 0.6 is 23.2 Å². The lowest BCUT2D eigenvalue weighted by Gasteiger charge is -2.30. The number of quaternary nitrogens is 1. The molecule has 0 saturated carbocycles. The quantitative estimate of drug-likeness (QED) is 0.830. The number of amides is 1. The molecule has 1 aliphatic rings. The number of ether oxygens (including phenoxy) is 1. The van der Waals surface area contributed by atoms with Gasteiger partial charge in [0.05, 0.1) is 44.9 Å². The Labute approximate surface area is 135 Å². The highest BCUT2D eigenvalue weighted by Crippen LogP contribution is 2.27. The summed E-state index contributed by atoms with van der Waals surface area (Å²) in [6.07, 6.45) is 1.21. The van der Waals surface area contributed by atoms with Crippen LogP contribution in [0.15, 0.2) is 18.2 Å². The topological polar surface area (TPSA) is 34.0 Å². The van der Waals surface area contributed by atoms with Gasteiger partial charge in [-0.2, -0.15) is 0 Å². The molecule has 1 aromatic carbocycles. The normalized spacial score (nSPS) is 16.0. The predicted molar refractivity (Wildman–Crippen MR) is 84.4 cm³/mol. The van der Waals surface area contributed by atoms with Gasteiger partial charge in [0.2, 0.25) is 5.91 Å². The Morgan fingerprint density at radius 2 is 2.05 bits per heavy atom. The molecule has 1 amide bonds. The molecule has 1 fully saturated rings. The third-order valence-corrected chi connectivity index (χ3v) is 4.19. The van der Waals surface area contributed by atoms with Gasteiger partial charge in [-0.05, 0) is 24.6 Å². The van der Waals surface area contributed by atoms with Crippen molar-refractivity contribution in [2.45, 2.75) is 12.8 Å². The van der Waals surface area contributed by atoms with E-state index in [0.717, 1.165) is 26.2 Å². The number of rotatable bonds is 5. The molecule has 1 saturated heterocycles. The molecule has 6 heteroatoms. The number of hydrogen-bond acceptors (Lipinski definition) is 2. The minimum absolute atomic E-state index is 0.216. The number of nitrogens with zero attached hydrogens (tertiary/aromatic N) is 1. The molecule has 1 aliphatic heterocycles. The maximum absolute atomic E-state index is 12.0. The van der Waals surface area contributed by atoms with Crippen molar-refractivity contribution in [3.05, 3.63) is 28.2 Å². The van der Waals surface area contributed by atoms with E-state index in [2.05, 4.69) is 7.05 Å². The van der Waals surface area contributed by atoms with Gasteiger partial charge in [0.15, 0.2) is 0 Å². The first-order chi connectivity index (χ1) is 10.1. The van der Waals surface area contributed by atoms with Crippen molar-refractivity contribution in [2.75, 3.05) is 39.8 Å². The molecular weight excluding hydrogens is 311 g/mol. The minimum atomic E-state index is 0.216. The zero-order valence-electron chi connectivity index (χ0n) is 12.2. The molecule has 0 bridgehead atoms. The van der Waals surface area contributed by atoms with Crippen molar-refractivity contribution in [2.24, 2.45) is 0 Å². The Morgan fingerprint density at radius 3 is 2.71 bits per heavy atom. The van der Waals surface area contributed by atoms with Crippen LogP contribution in [0.25, 0.3) is 0 Å². The van der Waals surface area contributed by atoms with E-state index in [4.69, 9.17) is 27.9 Å². The molecule has 0 aliphatic carbocycles. The zero-order valence-corrected chi connectivity index (χ0v) is 13.7. The summed E-state index contributed by atoms with van der Waals surface area (Å²) in [4.78, 5) is 15.5. The second-order valence-corrected chi connectivity index (χ2v) is 6.21. The van der Waals surface area contributed by atoms with Gasteiger partial charge in [0.1, 0.15) is 5.75 Å². The van der Waals surface area contributed by atoms with Crippen LogP contribution in [0.3, 0.4) is 0 Å². The minimum Gasteiger partial charge on any atom is -0.492 e. The van der Waals surface area contributed by atoms with Gasteiger partial charge >= 0.3 is 0 Å². The molecule has 0 spiro atoms. The van der Waals surface area contributed by atoms with Crippen molar-refractivity contribution >= 4 is 29.1 Å². The molecule has 1 N–H and O–H groups in total. The van der Waals surface area contributed by atoms with Gasteiger partial charge in [0, 0.05) is 11.4 Å². The van der Waals surface area contributed by atoms with Crippen LogP contribution in [-0.2, 0) is 4.79 Å². The number of nitrogens with one attached hydrogen (secondary N) is 1. The van der Waals surface area contributed by atoms with E-state index >= 15 is 0 Å². The summed E-state index contributed by atoms with van der Waals surface area (Å²) in [5.41, 5.74) is 0. The van der Waals surface area contributed by atoms with E-state index in [9.17, 15) is 4.79 Å². The van der Waals surface area contributed by atoms with Crippen molar-refractivity contribution in [3.8, 4) is 5.75 Å². The van der Waals surface area contributed by atoms with Crippen LogP contribution in [0.1, 0.15) is 12.8 Å². The first-order valence-electron chi connectivity index (χ1n) is 7.23. The highest BCUT2D eigenvalue weighted by molar-refractivity contribution is 6.35. The van der Waals surface area contributed by atoms with Crippen molar-refractivity contribution in [1.82, 2.24) is 4.90 Å². The van der Waals surface area contributed by atoms with Crippen LogP contribution in [0.5, 0.6) is 5.75 Å². The number of benzene rings is 1. The van der Waals surface area contributed by atoms with Crippen LogP contribution in [0, 0.1) is 0 Å². The summed E-state index contributed by atoms with van der Waals surface area (Å²) in [5.74, 6) is 0.824. The molecule has 116 valence electrons. The number of carbonyl (C=O) groups excluding carboxylic acids is 1. The Morgan fingerprint density at radius 1 is 1.33 bits per heavy atom. The Balaban J connectivity index is 1.68. The standard InChI is InChI=1S/C15H20Cl2N2O2/c1-18-6-8-19(9-7-18)15(20)3-2-10-21-14-5-4-12(16)11-13(14)17/h4-5,11H,2-3,6-10H2,1H3/p+1. The SMILES string of the molecule is C[NH+]1CCN(C(=O)CCCOc2ccc(Cl)cc2Cl)CC1. The molecule has 0 unspecified atom stereocenters. The molecule has 0 radical (unpaired) electrons. The fourth-order valence-electron chi connectivity index (χ4n) is 2.29. The van der Waals surface area contributed by atoms with Gasteiger partial charge < -0.3 is 14.5 Å². The predicted octanol–water partition coefficient (Wildman–Crippen LogP) is 1.51. The first-order valence-corrected chi connectivity index (χ1v) is 7.99. The third kappa shape index (κ3) is 5.06. The Bertz CT molecular complexity index is 489. The average molecular weight is 332 g/mol. The van der Waals surface area contributed by atoms with Crippen molar-refractivity contribution in [1.29, 1.82) is 0 Å². The molecule has 4 nitrogen and oxygen atoms in total. The third-order valence-electron chi connectivity index (χ3n) is 3.66. The second kappa shape index (κ2) is 7.87. The van der Waals surface area contributed by atoms with Crippen molar-refractivity contribution in [3.63, 3.8) is 0 Å². The van der Waals surface area contributed by atoms with Gasteiger partial charge in [-0.25, -0.2) is 0 Å². The maximum atomic E-state index is 12.0. The molecule has 21 heavy (non-hydrogen) atoms. The summed E-state index contributed by atoms with van der Waals surface area (Å²) in [5, 5.41) is 1.08. The second-order valence-electron chi connectivity index (χ2n) is 5.36. The lowest BCUT2D eigenvalue weighted by molar-refractivity contribution is -0.883. The Hall–Kier alpha value is -0.970. The largest absolute Gasteiger partial charge is 0.492 e. The fraction of sp³-hybridized carbons (Fsp3) is 0.533. The van der Waals surface area contributed by atoms with Gasteiger partial charge in [0.25, 0.3) is 0 Å². The number of carbonyl (C=O) groups is 1. The summed E-state index contributed by atoms with van der Waals surface area (Å²) in [6.45, 7) is 4.25. The van der Waals surface area contributed by atoms with E-state index in [1.54, 1.807) is 18.2 Å². The van der Waals surface area contributed by atoms with E-state index < -0.39 is 0 Å². The van der Waals surface area contributed by atoms with Crippen LogP contribution in [0.4, 0.5) is 0 Å². The summed E-state index contributed by atoms with van der Waals surface area (Å²) < 4.78 is 5.58. The highest BCUT2D eigenvalue weighted by atomic mass is 35.5. The summed E-state index contributed by atoms with van der Waals surface area (Å²) in [6, 6.07) is 5.13. The molecule has 0 aromatic heterocycles. The van der Waals surface area contributed by atoms with Crippen LogP contribution in [-0.4, -0.2) is 50.6 Å². The first kappa shape index (κ1) is 16.4. The highest BCUT2D eigenvalue weighted by Gasteiger charge is 2.20. The average Bonchev–Trinajstić information content (AvgIpc) is 2.46. The number of piperazine rings is 1. The van der Waals surface area contributed by atoms with Gasteiger partial charge in [-0.3, -0.25) is 4.79 Å². The van der Waals surface area contributed by atoms with Gasteiger partial charge in [-0.15, -0.1) is 0 Å². The van der Waals surface area contributed by atoms with Crippen molar-refractivity contribution < 1.29 is 14.4 Å². The smallest absolute Gasteiger partial charge is 0.223 e. The zero-order chi connectivity index (χ0) is 15.2.